The second-order valence-corrected chi connectivity index (χ2v) is 7.10. The molecule has 0 aromatic heterocycles. The van der Waals surface area contributed by atoms with Crippen molar-refractivity contribution in [3.8, 4) is 5.75 Å². The molecule has 0 bridgehead atoms. The van der Waals surface area contributed by atoms with E-state index in [-0.39, 0.29) is 5.91 Å². The summed E-state index contributed by atoms with van der Waals surface area (Å²) in [5, 5.41) is 9.66. The number of benzene rings is 1. The van der Waals surface area contributed by atoms with E-state index in [4.69, 9.17) is 4.74 Å². The monoisotopic (exact) mass is 374 g/mol. The number of amides is 1. The second kappa shape index (κ2) is 11.5. The van der Waals surface area contributed by atoms with Crippen LogP contribution in [0.15, 0.2) is 29.3 Å². The first kappa shape index (κ1) is 21.1. The van der Waals surface area contributed by atoms with Gasteiger partial charge in [-0.3, -0.25) is 9.79 Å². The van der Waals surface area contributed by atoms with E-state index in [1.807, 2.05) is 12.1 Å². The highest BCUT2D eigenvalue weighted by atomic mass is 16.5. The SMILES string of the molecule is CCNC(=NCCCC(=O)NC1CC1)NCCC(C)c1ccc(OC)cc1. The highest BCUT2D eigenvalue weighted by Crippen LogP contribution is 2.21. The van der Waals surface area contributed by atoms with Crippen LogP contribution in [0.25, 0.3) is 0 Å². The molecule has 1 fully saturated rings. The van der Waals surface area contributed by atoms with Crippen molar-refractivity contribution in [1.82, 2.24) is 16.0 Å². The maximum Gasteiger partial charge on any atom is 0.220 e. The van der Waals surface area contributed by atoms with Gasteiger partial charge in [0.05, 0.1) is 7.11 Å². The fraction of sp³-hybridized carbons (Fsp3) is 0.619. The Labute approximate surface area is 163 Å². The van der Waals surface area contributed by atoms with E-state index in [1.54, 1.807) is 7.11 Å². The molecule has 1 saturated carbocycles. The van der Waals surface area contributed by atoms with Crippen LogP contribution in [0.4, 0.5) is 0 Å². The van der Waals surface area contributed by atoms with Crippen molar-refractivity contribution in [2.45, 2.75) is 57.9 Å². The van der Waals surface area contributed by atoms with Crippen LogP contribution in [0, 0.1) is 0 Å². The Kier molecular flexibility index (Phi) is 8.95. The molecule has 1 unspecified atom stereocenters. The highest BCUT2D eigenvalue weighted by molar-refractivity contribution is 5.80. The first-order valence-electron chi connectivity index (χ1n) is 10.1. The number of hydrogen-bond acceptors (Lipinski definition) is 3. The number of nitrogens with one attached hydrogen (secondary N) is 3. The van der Waals surface area contributed by atoms with E-state index in [0.717, 1.165) is 50.5 Å². The Morgan fingerprint density at radius 1 is 1.26 bits per heavy atom. The van der Waals surface area contributed by atoms with E-state index in [2.05, 4.69) is 46.9 Å². The Hall–Kier alpha value is -2.24. The summed E-state index contributed by atoms with van der Waals surface area (Å²) < 4.78 is 5.21. The largest absolute Gasteiger partial charge is 0.497 e. The molecule has 1 aliphatic rings. The van der Waals surface area contributed by atoms with Gasteiger partial charge in [0, 0.05) is 32.1 Å². The molecule has 2 rings (SSSR count). The minimum Gasteiger partial charge on any atom is -0.497 e. The Balaban J connectivity index is 1.67. The first-order chi connectivity index (χ1) is 13.1. The van der Waals surface area contributed by atoms with Crippen molar-refractivity contribution in [3.05, 3.63) is 29.8 Å². The number of rotatable bonds is 11. The summed E-state index contributed by atoms with van der Waals surface area (Å²) in [6, 6.07) is 8.69. The second-order valence-electron chi connectivity index (χ2n) is 7.10. The molecule has 0 heterocycles. The third-order valence-electron chi connectivity index (χ3n) is 4.67. The van der Waals surface area contributed by atoms with Crippen molar-refractivity contribution < 1.29 is 9.53 Å². The number of ether oxygens (including phenoxy) is 1. The summed E-state index contributed by atoms with van der Waals surface area (Å²) in [6.07, 6.45) is 4.60. The zero-order valence-electron chi connectivity index (χ0n) is 16.9. The minimum atomic E-state index is 0.152. The molecule has 1 aromatic carbocycles. The van der Waals surface area contributed by atoms with Crippen molar-refractivity contribution in [2.75, 3.05) is 26.7 Å². The van der Waals surface area contributed by atoms with Crippen LogP contribution in [0.2, 0.25) is 0 Å². The molecule has 6 heteroatoms. The van der Waals surface area contributed by atoms with E-state index < -0.39 is 0 Å². The van der Waals surface area contributed by atoms with Gasteiger partial charge in [0.2, 0.25) is 5.91 Å². The maximum atomic E-state index is 11.7. The van der Waals surface area contributed by atoms with Gasteiger partial charge in [-0.2, -0.15) is 0 Å². The number of hydrogen-bond donors (Lipinski definition) is 3. The molecule has 6 nitrogen and oxygen atoms in total. The lowest BCUT2D eigenvalue weighted by molar-refractivity contribution is -0.121. The van der Waals surface area contributed by atoms with Crippen LogP contribution >= 0.6 is 0 Å². The smallest absolute Gasteiger partial charge is 0.220 e. The molecule has 1 amide bonds. The Morgan fingerprint density at radius 3 is 2.63 bits per heavy atom. The summed E-state index contributed by atoms with van der Waals surface area (Å²) in [4.78, 5) is 16.3. The van der Waals surface area contributed by atoms with Crippen LogP contribution in [0.3, 0.4) is 0 Å². The van der Waals surface area contributed by atoms with Gasteiger partial charge in [-0.25, -0.2) is 0 Å². The first-order valence-corrected chi connectivity index (χ1v) is 10.1. The van der Waals surface area contributed by atoms with Crippen molar-refractivity contribution >= 4 is 11.9 Å². The molecular formula is C21H34N4O2. The average Bonchev–Trinajstić information content (AvgIpc) is 3.49. The van der Waals surface area contributed by atoms with Gasteiger partial charge in [0.25, 0.3) is 0 Å². The standard InChI is InChI=1S/C21H34N4O2/c1-4-22-21(23-14-5-6-20(26)25-18-9-10-18)24-15-13-16(2)17-7-11-19(27-3)12-8-17/h7-8,11-12,16,18H,4-6,9-10,13-15H2,1-3H3,(H,25,26)(H2,22,23,24). The third kappa shape index (κ3) is 8.33. The molecule has 1 atom stereocenters. The fourth-order valence-electron chi connectivity index (χ4n) is 2.81. The topological polar surface area (TPSA) is 74.8 Å². The molecule has 0 aliphatic heterocycles. The van der Waals surface area contributed by atoms with Crippen LogP contribution in [-0.4, -0.2) is 44.7 Å². The zero-order valence-corrected chi connectivity index (χ0v) is 16.9. The molecule has 3 N–H and O–H groups in total. The van der Waals surface area contributed by atoms with Gasteiger partial charge in [-0.1, -0.05) is 19.1 Å². The van der Waals surface area contributed by atoms with Gasteiger partial charge in [-0.15, -0.1) is 0 Å². The van der Waals surface area contributed by atoms with Crippen LogP contribution in [0.1, 0.15) is 57.4 Å². The zero-order chi connectivity index (χ0) is 19.5. The van der Waals surface area contributed by atoms with Crippen molar-refractivity contribution in [1.29, 1.82) is 0 Å². The lowest BCUT2D eigenvalue weighted by Gasteiger charge is -2.15. The van der Waals surface area contributed by atoms with Crippen LogP contribution < -0.4 is 20.7 Å². The molecule has 0 saturated heterocycles. The summed E-state index contributed by atoms with van der Waals surface area (Å²) >= 11 is 0. The third-order valence-corrected chi connectivity index (χ3v) is 4.67. The predicted octanol–water partition coefficient (Wildman–Crippen LogP) is 2.80. The summed E-state index contributed by atoms with van der Waals surface area (Å²) in [7, 11) is 1.68. The number of carbonyl (C=O) groups is 1. The molecule has 1 aliphatic carbocycles. The van der Waals surface area contributed by atoms with E-state index in [9.17, 15) is 4.79 Å². The van der Waals surface area contributed by atoms with E-state index >= 15 is 0 Å². The van der Waals surface area contributed by atoms with Gasteiger partial charge in [0.1, 0.15) is 5.75 Å². The maximum absolute atomic E-state index is 11.7. The van der Waals surface area contributed by atoms with Crippen LogP contribution in [0.5, 0.6) is 5.75 Å². The summed E-state index contributed by atoms with van der Waals surface area (Å²) in [5.74, 6) is 2.31. The van der Waals surface area contributed by atoms with Gasteiger partial charge in [0.15, 0.2) is 5.96 Å². The lowest BCUT2D eigenvalue weighted by atomic mass is 9.98. The summed E-state index contributed by atoms with van der Waals surface area (Å²) in [5.41, 5.74) is 1.31. The molecule has 1 aromatic rings. The normalized spacial score (nSPS) is 15.1. The van der Waals surface area contributed by atoms with Crippen LogP contribution in [-0.2, 0) is 4.79 Å². The molecular weight excluding hydrogens is 340 g/mol. The fourth-order valence-corrected chi connectivity index (χ4v) is 2.81. The quantitative estimate of drug-likeness (QED) is 0.316. The number of methoxy groups -OCH3 is 1. The molecule has 0 spiro atoms. The number of nitrogens with zero attached hydrogens (tertiary/aromatic N) is 1. The number of guanidine groups is 1. The highest BCUT2D eigenvalue weighted by Gasteiger charge is 2.22. The molecule has 0 radical (unpaired) electrons. The van der Waals surface area contributed by atoms with E-state index in [1.165, 1.54) is 5.56 Å². The van der Waals surface area contributed by atoms with E-state index in [0.29, 0.717) is 24.9 Å². The Bertz CT molecular complexity index is 597. The minimum absolute atomic E-state index is 0.152. The molecule has 150 valence electrons. The van der Waals surface area contributed by atoms with Crippen molar-refractivity contribution in [3.63, 3.8) is 0 Å². The lowest BCUT2D eigenvalue weighted by Crippen LogP contribution is -2.38. The average molecular weight is 375 g/mol. The van der Waals surface area contributed by atoms with Gasteiger partial charge in [-0.05, 0) is 56.2 Å². The Morgan fingerprint density at radius 2 is 2.00 bits per heavy atom. The number of aliphatic imine (C=N–C) groups is 1. The predicted molar refractivity (Wildman–Crippen MR) is 110 cm³/mol. The van der Waals surface area contributed by atoms with Gasteiger partial charge >= 0.3 is 0 Å². The van der Waals surface area contributed by atoms with Gasteiger partial charge < -0.3 is 20.7 Å². The number of carbonyl (C=O) groups excluding carboxylic acids is 1. The van der Waals surface area contributed by atoms with Crippen molar-refractivity contribution in [2.24, 2.45) is 4.99 Å². The summed E-state index contributed by atoms with van der Waals surface area (Å²) in [6.45, 7) is 6.61. The molecule has 27 heavy (non-hydrogen) atoms.